The van der Waals surface area contributed by atoms with Crippen LogP contribution in [0.15, 0.2) is 42.6 Å². The number of aliphatic hydroxyl groups is 4. The maximum atomic E-state index is 14.6. The van der Waals surface area contributed by atoms with Crippen LogP contribution in [0.25, 0.3) is 17.0 Å². The molecule has 1 aromatic heterocycles. The number of rotatable bonds is 11. The Bertz CT molecular complexity index is 1870. The maximum Gasteiger partial charge on any atom is 0.311 e. The molecule has 4 N–H and O–H groups in total. The van der Waals surface area contributed by atoms with E-state index in [2.05, 4.69) is 18.0 Å². The van der Waals surface area contributed by atoms with Gasteiger partial charge in [-0.25, -0.2) is 0 Å². The van der Waals surface area contributed by atoms with E-state index < -0.39 is 96.0 Å². The van der Waals surface area contributed by atoms with Gasteiger partial charge in [-0.2, -0.15) is 0 Å². The SMILES string of the molecule is CC[C@H]1OC(=O)[C@H](C)[C@@H](O[C@@H]2C[C@](C)(OC)[C@H](O)[C@@H](C)O2)[C@H](C)[C@@H](O[C@@H]2O[C@H](C)C[C@H](N(C)C)[C@H]2O)[C@@](C)(OC/C=C/c2cnc3ccccc3c2)C[C@@H](C)CN(C)[C@H](C)[C@@H](O)[C@]1(C)O. The number of para-hydroxylation sites is 1. The van der Waals surface area contributed by atoms with Crippen LogP contribution in [0.2, 0.25) is 0 Å². The first-order chi connectivity index (χ1) is 30.5. The van der Waals surface area contributed by atoms with Crippen molar-refractivity contribution >= 4 is 22.9 Å². The Hall–Kier alpha value is -2.64. The Morgan fingerprint density at radius 1 is 0.969 bits per heavy atom. The number of aromatic nitrogens is 1. The van der Waals surface area contributed by atoms with Gasteiger partial charge in [-0.15, -0.1) is 0 Å². The minimum atomic E-state index is -1.81. The van der Waals surface area contributed by atoms with E-state index in [0.717, 1.165) is 16.5 Å². The van der Waals surface area contributed by atoms with Crippen LogP contribution in [0.1, 0.15) is 100 Å². The van der Waals surface area contributed by atoms with Crippen LogP contribution in [0.4, 0.5) is 0 Å². The molecule has 1 aromatic carbocycles. The van der Waals surface area contributed by atoms with Gasteiger partial charge in [0.05, 0.1) is 53.7 Å². The fourth-order valence-corrected chi connectivity index (χ4v) is 10.5. The first kappa shape index (κ1) is 53.3. The van der Waals surface area contributed by atoms with Crippen LogP contribution in [0.5, 0.6) is 0 Å². The van der Waals surface area contributed by atoms with Crippen LogP contribution in [-0.4, -0.2) is 173 Å². The fourth-order valence-electron chi connectivity index (χ4n) is 10.5. The number of aliphatic hydroxyl groups excluding tert-OH is 3. The zero-order valence-corrected chi connectivity index (χ0v) is 41.4. The summed E-state index contributed by atoms with van der Waals surface area (Å²) in [6.45, 7) is 19.1. The van der Waals surface area contributed by atoms with Gasteiger partial charge in [0, 0.05) is 49.7 Å². The number of fused-ring (bicyclic) bond motifs is 1. The first-order valence-electron chi connectivity index (χ1n) is 23.6. The maximum absolute atomic E-state index is 14.6. The molecule has 4 heterocycles. The molecule has 3 fully saturated rings. The molecule has 2 aromatic rings. The molecule has 0 amide bonds. The second-order valence-corrected chi connectivity index (χ2v) is 20.3. The van der Waals surface area contributed by atoms with E-state index in [1.54, 1.807) is 27.7 Å². The Labute approximate surface area is 387 Å². The highest BCUT2D eigenvalue weighted by molar-refractivity contribution is 5.80. The summed E-state index contributed by atoms with van der Waals surface area (Å²) in [7, 11) is 7.27. The van der Waals surface area contributed by atoms with Crippen molar-refractivity contribution in [2.75, 3.05) is 41.4 Å². The average Bonchev–Trinajstić information content (AvgIpc) is 3.26. The van der Waals surface area contributed by atoms with Gasteiger partial charge in [-0.05, 0) is 112 Å². The summed E-state index contributed by atoms with van der Waals surface area (Å²) < 4.78 is 46.0. The number of methoxy groups -OCH3 is 1. The monoisotopic (exact) mass is 916 g/mol. The van der Waals surface area contributed by atoms with Crippen LogP contribution in [0, 0.1) is 17.8 Å². The molecule has 0 aliphatic carbocycles. The van der Waals surface area contributed by atoms with Crippen molar-refractivity contribution in [2.24, 2.45) is 17.8 Å². The zero-order chi connectivity index (χ0) is 48.2. The molecule has 15 nitrogen and oxygen atoms in total. The molecule has 0 bridgehead atoms. The summed E-state index contributed by atoms with van der Waals surface area (Å²) in [6, 6.07) is 9.19. The van der Waals surface area contributed by atoms with Crippen LogP contribution < -0.4 is 0 Å². The third kappa shape index (κ3) is 12.3. The number of carbonyl (C=O) groups excluding carboxylic acids is 1. The summed E-state index contributed by atoms with van der Waals surface area (Å²) in [5.41, 5.74) is -2.19. The number of likely N-dealkylation sites (N-methyl/N-ethyl adjacent to an activating group) is 2. The number of hydrogen-bond donors (Lipinski definition) is 4. The molecule has 3 saturated heterocycles. The summed E-state index contributed by atoms with van der Waals surface area (Å²) >= 11 is 0. The van der Waals surface area contributed by atoms with Crippen molar-refractivity contribution in [2.45, 2.75) is 185 Å². The molecule has 0 unspecified atom stereocenters. The minimum Gasteiger partial charge on any atom is -0.459 e. The van der Waals surface area contributed by atoms with Gasteiger partial charge in [0.1, 0.15) is 30.0 Å². The zero-order valence-electron chi connectivity index (χ0n) is 41.4. The van der Waals surface area contributed by atoms with Gasteiger partial charge in [0.25, 0.3) is 0 Å². The average molecular weight is 916 g/mol. The summed E-state index contributed by atoms with van der Waals surface area (Å²) in [5, 5.41) is 47.9. The third-order valence-corrected chi connectivity index (χ3v) is 14.6. The highest BCUT2D eigenvalue weighted by Crippen LogP contribution is 2.41. The van der Waals surface area contributed by atoms with Gasteiger partial charge >= 0.3 is 5.97 Å². The number of benzene rings is 1. The van der Waals surface area contributed by atoms with Crippen LogP contribution in [0.3, 0.4) is 0 Å². The van der Waals surface area contributed by atoms with Crippen molar-refractivity contribution in [3.63, 3.8) is 0 Å². The van der Waals surface area contributed by atoms with Gasteiger partial charge in [-0.1, -0.05) is 51.1 Å². The molecule has 3 aliphatic heterocycles. The van der Waals surface area contributed by atoms with E-state index in [0.29, 0.717) is 19.4 Å². The molecule has 0 saturated carbocycles. The third-order valence-electron chi connectivity index (χ3n) is 14.6. The summed E-state index contributed by atoms with van der Waals surface area (Å²) in [5.74, 6) is -2.44. The number of esters is 1. The molecule has 65 heavy (non-hydrogen) atoms. The molecule has 15 heteroatoms. The second kappa shape index (κ2) is 22.2. The molecule has 18 atom stereocenters. The second-order valence-electron chi connectivity index (χ2n) is 20.3. The van der Waals surface area contributed by atoms with Crippen LogP contribution >= 0.6 is 0 Å². The van der Waals surface area contributed by atoms with Crippen molar-refractivity contribution < 1.29 is 58.4 Å². The standard InChI is InChI=1S/C50H81N3O12/c1-15-39-50(10,58)43(55)33(6)53(13)28-29(2)25-49(9,60-22-18-19-35-24-36-20-16-17-21-37(36)51-27-35)45(65-47-41(54)38(52(11)12)23-30(3)61-47)31(4)42(32(5)46(57)63-39)64-40-26-48(8,59-14)44(56)34(7)62-40/h16-21,24,27,29-34,38-45,47,54-56,58H,15,22-23,25-26,28H2,1-14H3/b19-18+/t29-,30-,31+,32-,33-,34-,38+,39-,40-,41-,42+,43-,44-,45-,47+,48+,49+,50-/m1/s1. The van der Waals surface area contributed by atoms with Gasteiger partial charge in [0.2, 0.25) is 0 Å². The fraction of sp³-hybridized carbons (Fsp3) is 0.760. The lowest BCUT2D eigenvalue weighted by atomic mass is 9.77. The normalized spacial score (nSPS) is 42.2. The smallest absolute Gasteiger partial charge is 0.311 e. The Balaban J connectivity index is 1.65. The van der Waals surface area contributed by atoms with Gasteiger partial charge in [0.15, 0.2) is 12.6 Å². The molecule has 0 spiro atoms. The van der Waals surface area contributed by atoms with Crippen molar-refractivity contribution in [1.82, 2.24) is 14.8 Å². The van der Waals surface area contributed by atoms with E-state index in [9.17, 15) is 25.2 Å². The van der Waals surface area contributed by atoms with E-state index in [-0.39, 0.29) is 37.5 Å². The number of pyridine rings is 1. The highest BCUT2D eigenvalue weighted by Gasteiger charge is 2.53. The predicted octanol–water partition coefficient (Wildman–Crippen LogP) is 5.19. The summed E-state index contributed by atoms with van der Waals surface area (Å²) in [6.07, 6.45) is -2.12. The quantitative estimate of drug-likeness (QED) is 0.216. The van der Waals surface area contributed by atoms with E-state index in [1.165, 1.54) is 14.0 Å². The lowest BCUT2D eigenvalue weighted by Gasteiger charge is -2.50. The Morgan fingerprint density at radius 3 is 2.32 bits per heavy atom. The number of nitrogens with zero attached hydrogens (tertiary/aromatic N) is 3. The van der Waals surface area contributed by atoms with Crippen molar-refractivity contribution in [3.8, 4) is 0 Å². The van der Waals surface area contributed by atoms with Crippen LogP contribution in [-0.2, 0) is 38.0 Å². The summed E-state index contributed by atoms with van der Waals surface area (Å²) in [4.78, 5) is 23.2. The molecule has 3 aliphatic rings. The van der Waals surface area contributed by atoms with E-state index in [1.807, 2.05) is 101 Å². The lowest BCUT2D eigenvalue weighted by Crippen LogP contribution is -2.61. The number of hydrogen-bond acceptors (Lipinski definition) is 15. The van der Waals surface area contributed by atoms with Crippen molar-refractivity contribution in [1.29, 1.82) is 0 Å². The van der Waals surface area contributed by atoms with Crippen molar-refractivity contribution in [3.05, 3.63) is 48.2 Å². The number of carbonyl (C=O) groups is 1. The molecule has 5 rings (SSSR count). The Kier molecular flexibility index (Phi) is 18.2. The van der Waals surface area contributed by atoms with E-state index >= 15 is 0 Å². The molecular weight excluding hydrogens is 835 g/mol. The first-order valence-corrected chi connectivity index (χ1v) is 23.6. The largest absolute Gasteiger partial charge is 0.459 e. The molecule has 368 valence electrons. The lowest BCUT2D eigenvalue weighted by molar-refractivity contribution is -0.320. The Morgan fingerprint density at radius 2 is 1.66 bits per heavy atom. The van der Waals surface area contributed by atoms with Gasteiger partial charge < -0.3 is 63.4 Å². The topological polar surface area (TPSA) is 182 Å². The van der Waals surface area contributed by atoms with Gasteiger partial charge in [-0.3, -0.25) is 9.78 Å². The predicted molar refractivity (Wildman–Crippen MR) is 249 cm³/mol. The minimum absolute atomic E-state index is 0.0876. The number of cyclic esters (lactones) is 1. The highest BCUT2D eigenvalue weighted by atomic mass is 16.7. The number of ether oxygens (including phenoxy) is 7. The molecular formula is C50H81N3O12. The van der Waals surface area contributed by atoms with E-state index in [4.69, 9.17) is 33.2 Å². The molecule has 0 radical (unpaired) electrons.